The first-order chi connectivity index (χ1) is 6.63. The number of rotatable bonds is 4. The van der Waals surface area contributed by atoms with Gasteiger partial charge in [-0.3, -0.25) is 4.79 Å². The van der Waals surface area contributed by atoms with Crippen LogP contribution in [0.1, 0.15) is 6.92 Å². The second kappa shape index (κ2) is 4.50. The Bertz CT molecular complexity index is 325. The van der Waals surface area contributed by atoms with Crippen molar-refractivity contribution in [1.82, 2.24) is 0 Å². The summed E-state index contributed by atoms with van der Waals surface area (Å²) in [5, 5.41) is 0. The van der Waals surface area contributed by atoms with Crippen LogP contribution in [-0.2, 0) is 4.79 Å². The highest BCUT2D eigenvalue weighted by molar-refractivity contribution is 5.78. The first-order valence-corrected chi connectivity index (χ1v) is 4.23. The normalized spacial score (nSPS) is 11.9. The van der Waals surface area contributed by atoms with Gasteiger partial charge in [0.1, 0.15) is 11.5 Å². The van der Waals surface area contributed by atoms with Crippen molar-refractivity contribution >= 4 is 5.91 Å². The molecule has 2 N–H and O–H groups in total. The smallest absolute Gasteiger partial charge is 0.258 e. The molecule has 0 saturated heterocycles. The van der Waals surface area contributed by atoms with Crippen LogP contribution < -0.4 is 15.2 Å². The summed E-state index contributed by atoms with van der Waals surface area (Å²) in [6.45, 7) is 1.60. The highest BCUT2D eigenvalue weighted by atomic mass is 16.5. The molecule has 0 aliphatic rings. The number of benzene rings is 1. The lowest BCUT2D eigenvalue weighted by molar-refractivity contribution is -0.123. The van der Waals surface area contributed by atoms with Crippen LogP contribution >= 0.6 is 0 Å². The quantitative estimate of drug-likeness (QED) is 0.778. The van der Waals surface area contributed by atoms with Gasteiger partial charge >= 0.3 is 0 Å². The lowest BCUT2D eigenvalue weighted by Crippen LogP contribution is -2.30. The zero-order valence-electron chi connectivity index (χ0n) is 8.19. The third-order valence-corrected chi connectivity index (χ3v) is 1.75. The molecule has 1 unspecified atom stereocenters. The van der Waals surface area contributed by atoms with Crippen molar-refractivity contribution in [2.75, 3.05) is 7.11 Å². The van der Waals surface area contributed by atoms with E-state index in [1.54, 1.807) is 38.3 Å². The van der Waals surface area contributed by atoms with Crippen molar-refractivity contribution in [2.45, 2.75) is 13.0 Å². The predicted molar refractivity (Wildman–Crippen MR) is 52.3 cm³/mol. The lowest BCUT2D eigenvalue weighted by atomic mass is 10.3. The molecular formula is C10H13NO3. The highest BCUT2D eigenvalue weighted by Gasteiger charge is 2.09. The van der Waals surface area contributed by atoms with E-state index in [0.717, 1.165) is 0 Å². The van der Waals surface area contributed by atoms with Gasteiger partial charge in [-0.2, -0.15) is 0 Å². The molecule has 0 spiro atoms. The predicted octanol–water partition coefficient (Wildman–Crippen LogP) is 0.948. The van der Waals surface area contributed by atoms with Crippen molar-refractivity contribution in [2.24, 2.45) is 5.73 Å². The zero-order valence-corrected chi connectivity index (χ0v) is 8.19. The fraction of sp³-hybridized carbons (Fsp3) is 0.300. The van der Waals surface area contributed by atoms with Gasteiger partial charge in [0.25, 0.3) is 5.91 Å². The Kier molecular flexibility index (Phi) is 3.34. The van der Waals surface area contributed by atoms with Crippen LogP contribution in [0.2, 0.25) is 0 Å². The van der Waals surface area contributed by atoms with Crippen LogP contribution in [0.3, 0.4) is 0 Å². The van der Waals surface area contributed by atoms with Gasteiger partial charge in [-0.25, -0.2) is 0 Å². The monoisotopic (exact) mass is 195 g/mol. The van der Waals surface area contributed by atoms with E-state index in [9.17, 15) is 4.79 Å². The fourth-order valence-corrected chi connectivity index (χ4v) is 0.937. The molecule has 76 valence electrons. The molecule has 1 aromatic carbocycles. The van der Waals surface area contributed by atoms with E-state index < -0.39 is 12.0 Å². The van der Waals surface area contributed by atoms with Crippen molar-refractivity contribution in [3.63, 3.8) is 0 Å². The molecular weight excluding hydrogens is 182 g/mol. The molecule has 0 aliphatic carbocycles. The van der Waals surface area contributed by atoms with Crippen molar-refractivity contribution in [1.29, 1.82) is 0 Å². The Labute approximate surface area is 82.6 Å². The molecule has 1 aromatic rings. The van der Waals surface area contributed by atoms with Crippen molar-refractivity contribution in [3.05, 3.63) is 24.3 Å². The maximum Gasteiger partial charge on any atom is 0.258 e. The van der Waals surface area contributed by atoms with E-state index in [-0.39, 0.29) is 0 Å². The number of nitrogens with two attached hydrogens (primary N) is 1. The number of primary amides is 1. The third-order valence-electron chi connectivity index (χ3n) is 1.75. The third kappa shape index (κ3) is 2.65. The van der Waals surface area contributed by atoms with Crippen molar-refractivity contribution in [3.8, 4) is 11.5 Å². The minimum absolute atomic E-state index is 0.493. The number of carbonyl (C=O) groups is 1. The van der Waals surface area contributed by atoms with E-state index in [1.165, 1.54) is 0 Å². The van der Waals surface area contributed by atoms with E-state index in [2.05, 4.69) is 0 Å². The Balaban J connectivity index is 2.71. The van der Waals surface area contributed by atoms with Gasteiger partial charge in [0.15, 0.2) is 6.10 Å². The standard InChI is InChI=1S/C10H13NO3/c1-7(10(11)12)14-9-5-3-4-8(6-9)13-2/h3-7H,1-2H3,(H2,11,12). The van der Waals surface area contributed by atoms with Crippen molar-refractivity contribution < 1.29 is 14.3 Å². The van der Waals surface area contributed by atoms with E-state index in [4.69, 9.17) is 15.2 Å². The van der Waals surface area contributed by atoms with E-state index in [1.807, 2.05) is 0 Å². The molecule has 4 nitrogen and oxygen atoms in total. The maximum absolute atomic E-state index is 10.7. The van der Waals surface area contributed by atoms with Crippen LogP contribution in [0.15, 0.2) is 24.3 Å². The second-order valence-corrected chi connectivity index (χ2v) is 2.84. The summed E-state index contributed by atoms with van der Waals surface area (Å²) in [6, 6.07) is 7.01. The molecule has 0 aromatic heterocycles. The summed E-state index contributed by atoms with van der Waals surface area (Å²) in [5.74, 6) is 0.752. The average Bonchev–Trinajstić information content (AvgIpc) is 2.18. The summed E-state index contributed by atoms with van der Waals surface area (Å²) in [5.41, 5.74) is 5.06. The molecule has 0 fully saturated rings. The van der Waals surface area contributed by atoms with Crippen LogP contribution in [0.4, 0.5) is 0 Å². The van der Waals surface area contributed by atoms with E-state index >= 15 is 0 Å². The minimum atomic E-state index is -0.637. The fourth-order valence-electron chi connectivity index (χ4n) is 0.937. The second-order valence-electron chi connectivity index (χ2n) is 2.84. The molecule has 1 amide bonds. The van der Waals surface area contributed by atoms with Crippen LogP contribution in [0.5, 0.6) is 11.5 Å². The first kappa shape index (κ1) is 10.4. The molecule has 0 saturated carbocycles. The number of amides is 1. The molecule has 0 bridgehead atoms. The lowest BCUT2D eigenvalue weighted by Gasteiger charge is -2.11. The van der Waals surface area contributed by atoms with Gasteiger partial charge in [-0.1, -0.05) is 6.07 Å². The Hall–Kier alpha value is -1.71. The van der Waals surface area contributed by atoms with Gasteiger partial charge < -0.3 is 15.2 Å². The van der Waals surface area contributed by atoms with Gasteiger partial charge in [0.05, 0.1) is 7.11 Å². The zero-order chi connectivity index (χ0) is 10.6. The molecule has 1 rings (SSSR count). The Morgan fingerprint density at radius 1 is 1.43 bits per heavy atom. The highest BCUT2D eigenvalue weighted by Crippen LogP contribution is 2.19. The van der Waals surface area contributed by atoms with Crippen LogP contribution in [0.25, 0.3) is 0 Å². The maximum atomic E-state index is 10.7. The average molecular weight is 195 g/mol. The van der Waals surface area contributed by atoms with Gasteiger partial charge in [-0.05, 0) is 19.1 Å². The summed E-state index contributed by atoms with van der Waals surface area (Å²) >= 11 is 0. The minimum Gasteiger partial charge on any atom is -0.497 e. The van der Waals surface area contributed by atoms with Gasteiger partial charge in [-0.15, -0.1) is 0 Å². The number of carbonyl (C=O) groups excluding carboxylic acids is 1. The number of hydrogen-bond donors (Lipinski definition) is 1. The summed E-state index contributed by atoms with van der Waals surface area (Å²) in [4.78, 5) is 10.7. The summed E-state index contributed by atoms with van der Waals surface area (Å²) in [7, 11) is 1.57. The van der Waals surface area contributed by atoms with Crippen LogP contribution in [-0.4, -0.2) is 19.1 Å². The number of ether oxygens (including phenoxy) is 2. The largest absolute Gasteiger partial charge is 0.497 e. The summed E-state index contributed by atoms with van der Waals surface area (Å²) < 4.78 is 10.3. The molecule has 4 heteroatoms. The number of hydrogen-bond acceptors (Lipinski definition) is 3. The van der Waals surface area contributed by atoms with Crippen LogP contribution in [0, 0.1) is 0 Å². The Morgan fingerprint density at radius 2 is 2.07 bits per heavy atom. The Morgan fingerprint density at radius 3 is 2.64 bits per heavy atom. The molecule has 14 heavy (non-hydrogen) atoms. The van der Waals surface area contributed by atoms with E-state index in [0.29, 0.717) is 11.5 Å². The molecule has 0 aliphatic heterocycles. The molecule has 0 radical (unpaired) electrons. The summed E-state index contributed by atoms with van der Waals surface area (Å²) in [6.07, 6.45) is -0.637. The van der Waals surface area contributed by atoms with Gasteiger partial charge in [0, 0.05) is 6.07 Å². The topological polar surface area (TPSA) is 61.6 Å². The number of methoxy groups -OCH3 is 1. The van der Waals surface area contributed by atoms with Gasteiger partial charge in [0.2, 0.25) is 0 Å². The first-order valence-electron chi connectivity index (χ1n) is 4.23. The molecule has 0 heterocycles. The molecule has 1 atom stereocenters. The SMILES string of the molecule is COc1cccc(OC(C)C(N)=O)c1.